The van der Waals surface area contributed by atoms with E-state index in [9.17, 15) is 0 Å². The van der Waals surface area contributed by atoms with E-state index >= 15 is 0 Å². The summed E-state index contributed by atoms with van der Waals surface area (Å²) in [6.07, 6.45) is 4.92. The third-order valence-corrected chi connectivity index (χ3v) is 3.21. The highest BCUT2D eigenvalue weighted by Crippen LogP contribution is 2.26. The van der Waals surface area contributed by atoms with Crippen LogP contribution in [0.15, 0.2) is 10.8 Å². The van der Waals surface area contributed by atoms with Gasteiger partial charge in [0.1, 0.15) is 23.2 Å². The van der Waals surface area contributed by atoms with Crippen LogP contribution >= 0.6 is 15.9 Å². The van der Waals surface area contributed by atoms with Crippen molar-refractivity contribution in [3.8, 4) is 5.88 Å². The van der Waals surface area contributed by atoms with Gasteiger partial charge in [-0.25, -0.2) is 9.97 Å². The predicted octanol–water partition coefficient (Wildman–Crippen LogP) is 1.77. The lowest BCUT2D eigenvalue weighted by Gasteiger charge is -2.22. The minimum absolute atomic E-state index is 0.164. The Balaban J connectivity index is 1.91. The summed E-state index contributed by atoms with van der Waals surface area (Å²) in [5.41, 5.74) is 5.62. The van der Waals surface area contributed by atoms with Crippen LogP contribution < -0.4 is 10.5 Å². The number of ether oxygens (including phenoxy) is 2. The second kappa shape index (κ2) is 5.45. The van der Waals surface area contributed by atoms with Crippen LogP contribution in [-0.2, 0) is 4.74 Å². The van der Waals surface area contributed by atoms with Gasteiger partial charge in [-0.15, -0.1) is 0 Å². The molecule has 6 heteroatoms. The smallest absolute Gasteiger partial charge is 0.233 e. The van der Waals surface area contributed by atoms with Gasteiger partial charge >= 0.3 is 0 Å². The number of nitrogen functional groups attached to an aromatic ring is 1. The number of rotatable bonds is 3. The van der Waals surface area contributed by atoms with Crippen LogP contribution in [0.5, 0.6) is 5.88 Å². The summed E-state index contributed by atoms with van der Waals surface area (Å²) in [5.74, 6) is 0.858. The minimum Gasteiger partial charge on any atom is -0.474 e. The number of aromatic nitrogens is 2. The number of halogens is 1. The fourth-order valence-corrected chi connectivity index (χ4v) is 1.90. The quantitative estimate of drug-likeness (QED) is 0.917. The Kier molecular flexibility index (Phi) is 3.95. The van der Waals surface area contributed by atoms with Crippen LogP contribution in [0.25, 0.3) is 0 Å². The van der Waals surface area contributed by atoms with Crippen LogP contribution in [0.4, 0.5) is 5.82 Å². The first kappa shape index (κ1) is 11.6. The molecule has 16 heavy (non-hydrogen) atoms. The van der Waals surface area contributed by atoms with Gasteiger partial charge in [-0.3, -0.25) is 0 Å². The molecule has 0 radical (unpaired) electrons. The Morgan fingerprint density at radius 3 is 3.12 bits per heavy atom. The molecule has 1 aliphatic heterocycles. The van der Waals surface area contributed by atoms with Gasteiger partial charge in [-0.2, -0.15) is 0 Å². The fourth-order valence-electron chi connectivity index (χ4n) is 1.58. The van der Waals surface area contributed by atoms with Crippen LogP contribution in [-0.4, -0.2) is 29.3 Å². The Hall–Kier alpha value is -0.880. The molecule has 1 aliphatic rings. The van der Waals surface area contributed by atoms with Gasteiger partial charge < -0.3 is 15.2 Å². The molecule has 1 atom stereocenters. The Labute approximate surface area is 102 Å². The summed E-state index contributed by atoms with van der Waals surface area (Å²) in [7, 11) is 0. The molecule has 2 rings (SSSR count). The molecule has 2 heterocycles. The molecule has 1 saturated heterocycles. The maximum atomic E-state index is 5.62. The van der Waals surface area contributed by atoms with Crippen molar-refractivity contribution in [2.24, 2.45) is 0 Å². The average Bonchev–Trinajstić information content (AvgIpc) is 2.32. The van der Waals surface area contributed by atoms with E-state index in [1.807, 2.05) is 0 Å². The third-order valence-electron chi connectivity index (χ3n) is 2.46. The summed E-state index contributed by atoms with van der Waals surface area (Å²) in [6, 6.07) is 0. The van der Waals surface area contributed by atoms with Crippen molar-refractivity contribution >= 4 is 21.7 Å². The highest BCUT2D eigenvalue weighted by molar-refractivity contribution is 9.10. The number of nitrogens with zero attached hydrogens (tertiary/aromatic N) is 2. The van der Waals surface area contributed by atoms with E-state index in [1.165, 1.54) is 12.7 Å². The van der Waals surface area contributed by atoms with Crippen molar-refractivity contribution in [3.63, 3.8) is 0 Å². The molecule has 0 bridgehead atoms. The lowest BCUT2D eigenvalue weighted by molar-refractivity contribution is -0.0121. The van der Waals surface area contributed by atoms with Crippen molar-refractivity contribution in [1.82, 2.24) is 9.97 Å². The minimum atomic E-state index is 0.164. The van der Waals surface area contributed by atoms with Crippen molar-refractivity contribution in [2.75, 3.05) is 18.9 Å². The summed E-state index contributed by atoms with van der Waals surface area (Å²) in [5, 5.41) is 0. The highest BCUT2D eigenvalue weighted by atomic mass is 79.9. The Morgan fingerprint density at radius 2 is 2.38 bits per heavy atom. The molecule has 1 unspecified atom stereocenters. The van der Waals surface area contributed by atoms with Gasteiger partial charge in [0.15, 0.2) is 0 Å². The van der Waals surface area contributed by atoms with Gasteiger partial charge in [0.2, 0.25) is 5.88 Å². The fraction of sp³-hybridized carbons (Fsp3) is 0.600. The Bertz CT molecular complexity index is 356. The van der Waals surface area contributed by atoms with E-state index in [-0.39, 0.29) is 6.10 Å². The van der Waals surface area contributed by atoms with Gasteiger partial charge in [0, 0.05) is 6.61 Å². The summed E-state index contributed by atoms with van der Waals surface area (Å²) in [6.45, 7) is 1.33. The first-order valence-electron chi connectivity index (χ1n) is 5.27. The van der Waals surface area contributed by atoms with Crippen molar-refractivity contribution in [3.05, 3.63) is 10.8 Å². The summed E-state index contributed by atoms with van der Waals surface area (Å²) >= 11 is 3.29. The van der Waals surface area contributed by atoms with Crippen LogP contribution in [0.3, 0.4) is 0 Å². The van der Waals surface area contributed by atoms with Gasteiger partial charge in [0.05, 0.1) is 6.10 Å². The maximum absolute atomic E-state index is 5.62. The van der Waals surface area contributed by atoms with Crippen LogP contribution in [0.2, 0.25) is 0 Å². The number of nitrogens with two attached hydrogens (primary N) is 1. The molecule has 5 nitrogen and oxygen atoms in total. The molecule has 0 saturated carbocycles. The lowest BCUT2D eigenvalue weighted by Crippen LogP contribution is -2.26. The zero-order valence-corrected chi connectivity index (χ0v) is 10.4. The van der Waals surface area contributed by atoms with E-state index in [0.717, 1.165) is 19.4 Å². The van der Waals surface area contributed by atoms with Crippen molar-refractivity contribution < 1.29 is 9.47 Å². The van der Waals surface area contributed by atoms with Gasteiger partial charge in [-0.1, -0.05) is 0 Å². The van der Waals surface area contributed by atoms with Gasteiger partial charge in [0.25, 0.3) is 0 Å². The van der Waals surface area contributed by atoms with E-state index < -0.39 is 0 Å². The van der Waals surface area contributed by atoms with E-state index in [2.05, 4.69) is 25.9 Å². The van der Waals surface area contributed by atoms with E-state index in [4.69, 9.17) is 15.2 Å². The SMILES string of the molecule is Nc1ncnc(OCC2CCCCO2)c1Br. The number of anilines is 1. The first-order valence-corrected chi connectivity index (χ1v) is 6.07. The summed E-state index contributed by atoms with van der Waals surface area (Å²) in [4.78, 5) is 7.85. The summed E-state index contributed by atoms with van der Waals surface area (Å²) < 4.78 is 11.7. The van der Waals surface area contributed by atoms with E-state index in [0.29, 0.717) is 22.8 Å². The molecular weight excluding hydrogens is 274 g/mol. The first-order chi connectivity index (χ1) is 7.77. The predicted molar refractivity (Wildman–Crippen MR) is 63.2 cm³/mol. The van der Waals surface area contributed by atoms with Crippen LogP contribution in [0, 0.1) is 0 Å². The average molecular weight is 288 g/mol. The number of hydrogen-bond donors (Lipinski definition) is 1. The van der Waals surface area contributed by atoms with Crippen LogP contribution in [0.1, 0.15) is 19.3 Å². The molecule has 1 aromatic heterocycles. The molecule has 2 N–H and O–H groups in total. The highest BCUT2D eigenvalue weighted by Gasteiger charge is 2.16. The van der Waals surface area contributed by atoms with E-state index in [1.54, 1.807) is 0 Å². The third kappa shape index (κ3) is 2.82. The molecule has 1 aromatic rings. The molecular formula is C10H14BrN3O2. The Morgan fingerprint density at radius 1 is 1.50 bits per heavy atom. The molecule has 0 aromatic carbocycles. The lowest BCUT2D eigenvalue weighted by atomic mass is 10.1. The number of hydrogen-bond acceptors (Lipinski definition) is 5. The zero-order valence-electron chi connectivity index (χ0n) is 8.86. The molecule has 1 fully saturated rings. The molecule has 0 amide bonds. The monoisotopic (exact) mass is 287 g/mol. The normalized spacial score (nSPS) is 20.7. The molecule has 0 spiro atoms. The van der Waals surface area contributed by atoms with Crippen molar-refractivity contribution in [2.45, 2.75) is 25.4 Å². The van der Waals surface area contributed by atoms with Crippen molar-refractivity contribution in [1.29, 1.82) is 0 Å². The molecule has 88 valence electrons. The largest absolute Gasteiger partial charge is 0.474 e. The maximum Gasteiger partial charge on any atom is 0.233 e. The topological polar surface area (TPSA) is 70.3 Å². The second-order valence-corrected chi connectivity index (χ2v) is 4.47. The molecule has 0 aliphatic carbocycles. The second-order valence-electron chi connectivity index (χ2n) is 3.68. The zero-order chi connectivity index (χ0) is 11.4. The standard InChI is InChI=1S/C10H14BrN3O2/c11-8-9(12)13-6-14-10(8)16-5-7-3-1-2-4-15-7/h6-7H,1-5H2,(H2,12,13,14). The van der Waals surface area contributed by atoms with Gasteiger partial charge in [-0.05, 0) is 35.2 Å².